The van der Waals surface area contributed by atoms with Crippen LogP contribution in [0, 0.1) is 5.92 Å². The lowest BCUT2D eigenvalue weighted by atomic mass is 9.85. The highest BCUT2D eigenvalue weighted by Gasteiger charge is 2.31. The standard InChI is InChI=1S/C14H25N3O3.ClH/c1-10(18)16-8-13-9-17(5-6-20-13)14(19)11-3-2-4-12(15)7-11;/h11-13H,2-9,15H2,1H3,(H,16,18);1H. The van der Waals surface area contributed by atoms with Gasteiger partial charge >= 0.3 is 0 Å². The van der Waals surface area contributed by atoms with Gasteiger partial charge in [-0.05, 0) is 19.3 Å². The molecule has 0 bridgehead atoms. The summed E-state index contributed by atoms with van der Waals surface area (Å²) >= 11 is 0. The molecule has 3 N–H and O–H groups in total. The minimum absolute atomic E-state index is 0. The third-order valence-electron chi connectivity index (χ3n) is 4.09. The van der Waals surface area contributed by atoms with Gasteiger partial charge in [0.2, 0.25) is 11.8 Å². The van der Waals surface area contributed by atoms with E-state index in [1.54, 1.807) is 0 Å². The highest BCUT2D eigenvalue weighted by molar-refractivity contribution is 5.85. The molecule has 0 aromatic heterocycles. The van der Waals surface area contributed by atoms with Gasteiger partial charge in [0.25, 0.3) is 0 Å². The molecule has 122 valence electrons. The number of hydrogen-bond acceptors (Lipinski definition) is 4. The lowest BCUT2D eigenvalue weighted by Crippen LogP contribution is -2.51. The molecule has 1 aliphatic carbocycles. The molecule has 1 heterocycles. The van der Waals surface area contributed by atoms with Crippen LogP contribution in [0.5, 0.6) is 0 Å². The van der Waals surface area contributed by atoms with Gasteiger partial charge in [0.05, 0.1) is 12.7 Å². The van der Waals surface area contributed by atoms with Gasteiger partial charge in [-0.15, -0.1) is 12.4 Å². The van der Waals surface area contributed by atoms with Gasteiger partial charge in [-0.3, -0.25) is 9.59 Å². The molecule has 0 radical (unpaired) electrons. The Hall–Kier alpha value is -0.850. The largest absolute Gasteiger partial charge is 0.373 e. The van der Waals surface area contributed by atoms with Crippen LogP contribution in [-0.2, 0) is 14.3 Å². The number of amides is 2. The van der Waals surface area contributed by atoms with E-state index >= 15 is 0 Å². The van der Waals surface area contributed by atoms with Crippen molar-refractivity contribution in [2.75, 3.05) is 26.2 Å². The first kappa shape index (κ1) is 18.2. The molecule has 0 aromatic carbocycles. The Kier molecular flexibility index (Phi) is 7.42. The Bertz CT molecular complexity index is 367. The van der Waals surface area contributed by atoms with Gasteiger partial charge in [-0.2, -0.15) is 0 Å². The lowest BCUT2D eigenvalue weighted by molar-refractivity contribution is -0.144. The molecule has 6 nitrogen and oxygen atoms in total. The number of nitrogens with two attached hydrogens (primary N) is 1. The maximum absolute atomic E-state index is 12.5. The molecule has 1 saturated carbocycles. The fourth-order valence-electron chi connectivity index (χ4n) is 3.01. The van der Waals surface area contributed by atoms with Crippen molar-refractivity contribution in [2.45, 2.75) is 44.8 Å². The van der Waals surface area contributed by atoms with E-state index in [1.165, 1.54) is 6.92 Å². The molecule has 2 aliphatic rings. The summed E-state index contributed by atoms with van der Waals surface area (Å²) in [6.45, 7) is 3.68. The number of rotatable bonds is 3. The third kappa shape index (κ3) is 5.45. The van der Waals surface area contributed by atoms with Crippen LogP contribution >= 0.6 is 12.4 Å². The summed E-state index contributed by atoms with van der Waals surface area (Å²) < 4.78 is 5.58. The second kappa shape index (κ2) is 8.56. The molecule has 7 heteroatoms. The summed E-state index contributed by atoms with van der Waals surface area (Å²) in [7, 11) is 0. The number of hydrogen-bond donors (Lipinski definition) is 2. The van der Waals surface area contributed by atoms with Crippen molar-refractivity contribution in [2.24, 2.45) is 11.7 Å². The molecule has 2 rings (SSSR count). The van der Waals surface area contributed by atoms with Crippen LogP contribution in [0.1, 0.15) is 32.6 Å². The van der Waals surface area contributed by atoms with E-state index in [9.17, 15) is 9.59 Å². The van der Waals surface area contributed by atoms with E-state index in [-0.39, 0.29) is 42.3 Å². The van der Waals surface area contributed by atoms with Crippen molar-refractivity contribution in [3.8, 4) is 0 Å². The summed E-state index contributed by atoms with van der Waals surface area (Å²) in [5.74, 6) is 0.199. The summed E-state index contributed by atoms with van der Waals surface area (Å²) in [6, 6.07) is 0.161. The molecule has 2 fully saturated rings. The van der Waals surface area contributed by atoms with E-state index in [0.717, 1.165) is 25.7 Å². The molecule has 1 aliphatic heterocycles. The Morgan fingerprint density at radius 2 is 2.14 bits per heavy atom. The fraction of sp³-hybridized carbons (Fsp3) is 0.857. The number of carbonyl (C=O) groups is 2. The van der Waals surface area contributed by atoms with Crippen LogP contribution in [0.2, 0.25) is 0 Å². The minimum atomic E-state index is -0.103. The maximum Gasteiger partial charge on any atom is 0.225 e. The summed E-state index contributed by atoms with van der Waals surface area (Å²) in [6.07, 6.45) is 3.70. The van der Waals surface area contributed by atoms with Gasteiger partial charge in [0, 0.05) is 38.5 Å². The van der Waals surface area contributed by atoms with Crippen molar-refractivity contribution < 1.29 is 14.3 Å². The SMILES string of the molecule is CC(=O)NCC1CN(C(=O)C2CCCC(N)C2)CCO1.Cl. The summed E-state index contributed by atoms with van der Waals surface area (Å²) in [4.78, 5) is 25.3. The summed E-state index contributed by atoms with van der Waals surface area (Å²) in [5, 5.41) is 2.74. The Morgan fingerprint density at radius 3 is 2.81 bits per heavy atom. The van der Waals surface area contributed by atoms with Gasteiger partial charge in [-0.1, -0.05) is 6.42 Å². The quantitative estimate of drug-likeness (QED) is 0.783. The van der Waals surface area contributed by atoms with Gasteiger partial charge in [-0.25, -0.2) is 0 Å². The first-order valence-corrected chi connectivity index (χ1v) is 7.46. The van der Waals surface area contributed by atoms with Crippen LogP contribution in [0.3, 0.4) is 0 Å². The van der Waals surface area contributed by atoms with Gasteiger partial charge in [0.15, 0.2) is 0 Å². The molecular weight excluding hydrogens is 294 g/mol. The van der Waals surface area contributed by atoms with E-state index < -0.39 is 0 Å². The number of halogens is 1. The van der Waals surface area contributed by atoms with Crippen molar-refractivity contribution >= 4 is 24.2 Å². The van der Waals surface area contributed by atoms with E-state index in [2.05, 4.69) is 5.32 Å². The predicted octanol–water partition coefficient (Wildman–Crippen LogP) is 0.289. The number of nitrogens with zero attached hydrogens (tertiary/aromatic N) is 1. The van der Waals surface area contributed by atoms with Crippen LogP contribution in [-0.4, -0.2) is 55.1 Å². The van der Waals surface area contributed by atoms with Crippen molar-refractivity contribution in [3.63, 3.8) is 0 Å². The zero-order chi connectivity index (χ0) is 14.5. The van der Waals surface area contributed by atoms with Crippen LogP contribution < -0.4 is 11.1 Å². The van der Waals surface area contributed by atoms with Crippen molar-refractivity contribution in [1.29, 1.82) is 0 Å². The first-order valence-electron chi connectivity index (χ1n) is 7.46. The Balaban J connectivity index is 0.00000220. The average Bonchev–Trinajstić information content (AvgIpc) is 2.44. The highest BCUT2D eigenvalue weighted by Crippen LogP contribution is 2.25. The maximum atomic E-state index is 12.5. The van der Waals surface area contributed by atoms with E-state index in [0.29, 0.717) is 26.2 Å². The van der Waals surface area contributed by atoms with Gasteiger partial charge < -0.3 is 20.7 Å². The topological polar surface area (TPSA) is 84.7 Å². The zero-order valence-corrected chi connectivity index (χ0v) is 13.4. The number of nitrogens with one attached hydrogen (secondary N) is 1. The smallest absolute Gasteiger partial charge is 0.225 e. The molecule has 0 aromatic rings. The number of morpholine rings is 1. The molecule has 3 atom stereocenters. The highest BCUT2D eigenvalue weighted by atomic mass is 35.5. The van der Waals surface area contributed by atoms with Gasteiger partial charge in [0.1, 0.15) is 0 Å². The van der Waals surface area contributed by atoms with Crippen molar-refractivity contribution in [1.82, 2.24) is 10.2 Å². The van der Waals surface area contributed by atoms with Crippen LogP contribution in [0.25, 0.3) is 0 Å². The normalized spacial score (nSPS) is 29.4. The third-order valence-corrected chi connectivity index (χ3v) is 4.09. The predicted molar refractivity (Wildman–Crippen MR) is 82.2 cm³/mol. The van der Waals surface area contributed by atoms with Crippen molar-refractivity contribution in [3.05, 3.63) is 0 Å². The van der Waals surface area contributed by atoms with Crippen LogP contribution in [0.4, 0.5) is 0 Å². The second-order valence-electron chi connectivity index (χ2n) is 5.84. The Morgan fingerprint density at radius 1 is 1.38 bits per heavy atom. The average molecular weight is 320 g/mol. The Labute approximate surface area is 132 Å². The summed E-state index contributed by atoms with van der Waals surface area (Å²) in [5.41, 5.74) is 5.96. The monoisotopic (exact) mass is 319 g/mol. The fourth-order valence-corrected chi connectivity index (χ4v) is 3.01. The van der Waals surface area contributed by atoms with E-state index in [4.69, 9.17) is 10.5 Å². The molecular formula is C14H26ClN3O3. The molecule has 0 spiro atoms. The minimum Gasteiger partial charge on any atom is -0.373 e. The number of carbonyl (C=O) groups excluding carboxylic acids is 2. The number of ether oxygens (including phenoxy) is 1. The zero-order valence-electron chi connectivity index (χ0n) is 12.5. The molecule has 2 amide bonds. The first-order chi connectivity index (χ1) is 9.56. The lowest BCUT2D eigenvalue weighted by Gasteiger charge is -2.36. The second-order valence-corrected chi connectivity index (χ2v) is 5.84. The molecule has 1 saturated heterocycles. The van der Waals surface area contributed by atoms with Crippen LogP contribution in [0.15, 0.2) is 0 Å². The molecule has 21 heavy (non-hydrogen) atoms. The van der Waals surface area contributed by atoms with E-state index in [1.807, 2.05) is 4.90 Å². The molecule has 3 unspecified atom stereocenters.